The minimum Gasteiger partial charge on any atom is -0.506 e. The van der Waals surface area contributed by atoms with Gasteiger partial charge in [-0.25, -0.2) is 0 Å². The molecular weight excluding hydrogens is 296 g/mol. The van der Waals surface area contributed by atoms with Crippen LogP contribution in [-0.2, 0) is 4.79 Å². The highest BCUT2D eigenvalue weighted by Crippen LogP contribution is 2.28. The summed E-state index contributed by atoms with van der Waals surface area (Å²) >= 11 is 0. The van der Waals surface area contributed by atoms with Crippen LogP contribution in [-0.4, -0.2) is 16.9 Å². The first-order chi connectivity index (χ1) is 11.0. The van der Waals surface area contributed by atoms with Gasteiger partial charge in [-0.2, -0.15) is 0 Å². The number of benzene rings is 1. The number of hydrogen-bond donors (Lipinski definition) is 3. The van der Waals surface area contributed by atoms with E-state index in [2.05, 4.69) is 10.6 Å². The van der Waals surface area contributed by atoms with Crippen LogP contribution in [0.5, 0.6) is 5.75 Å². The normalized spacial score (nSPS) is 10.6. The zero-order valence-electron chi connectivity index (χ0n) is 13.1. The van der Waals surface area contributed by atoms with E-state index in [1.54, 1.807) is 24.3 Å². The number of carbonyl (C=O) groups is 2. The van der Waals surface area contributed by atoms with Crippen molar-refractivity contribution < 1.29 is 19.1 Å². The Morgan fingerprint density at radius 3 is 2.48 bits per heavy atom. The molecule has 6 nitrogen and oxygen atoms in total. The van der Waals surface area contributed by atoms with Crippen LogP contribution in [0.1, 0.15) is 37.2 Å². The molecule has 23 heavy (non-hydrogen) atoms. The van der Waals surface area contributed by atoms with Gasteiger partial charge >= 0.3 is 0 Å². The Labute approximate surface area is 134 Å². The third-order valence-corrected chi connectivity index (χ3v) is 3.61. The fourth-order valence-corrected chi connectivity index (χ4v) is 2.21. The van der Waals surface area contributed by atoms with Crippen molar-refractivity contribution in [3.05, 3.63) is 42.4 Å². The second-order valence-electron chi connectivity index (χ2n) is 5.17. The molecule has 1 aromatic carbocycles. The fraction of sp³-hybridized carbons (Fsp3) is 0.294. The fourth-order valence-electron chi connectivity index (χ4n) is 2.21. The highest BCUT2D eigenvalue weighted by molar-refractivity contribution is 6.02. The monoisotopic (exact) mass is 316 g/mol. The average Bonchev–Trinajstić information content (AvgIpc) is 3.05. The van der Waals surface area contributed by atoms with Gasteiger partial charge in [0.05, 0.1) is 12.0 Å². The van der Waals surface area contributed by atoms with Crippen LogP contribution >= 0.6 is 0 Å². The van der Waals surface area contributed by atoms with Crippen molar-refractivity contribution in [3.63, 3.8) is 0 Å². The topological polar surface area (TPSA) is 91.6 Å². The highest BCUT2D eigenvalue weighted by atomic mass is 16.3. The van der Waals surface area contributed by atoms with Gasteiger partial charge in [-0.3, -0.25) is 9.59 Å². The zero-order chi connectivity index (χ0) is 16.8. The smallest absolute Gasteiger partial charge is 0.291 e. The van der Waals surface area contributed by atoms with Gasteiger partial charge in [-0.1, -0.05) is 13.8 Å². The van der Waals surface area contributed by atoms with Crippen molar-refractivity contribution >= 4 is 23.2 Å². The first kappa shape index (κ1) is 16.6. The van der Waals surface area contributed by atoms with Gasteiger partial charge in [0, 0.05) is 17.7 Å². The quantitative estimate of drug-likeness (QED) is 0.710. The minimum absolute atomic E-state index is 0.0901. The number of hydrogen-bond acceptors (Lipinski definition) is 4. The van der Waals surface area contributed by atoms with E-state index in [0.717, 1.165) is 12.8 Å². The number of phenols is 1. The van der Waals surface area contributed by atoms with Crippen molar-refractivity contribution in [1.29, 1.82) is 0 Å². The Bertz CT molecular complexity index is 676. The standard InChI is InChI=1S/C17H20N2O4/c1-3-11(4-2)16(21)19-13-8-7-12(10-14(13)20)18-17(22)15-6-5-9-23-15/h5-11,20H,3-4H2,1-2H3,(H,18,22)(H,19,21). The second kappa shape index (κ2) is 7.49. The molecule has 0 bridgehead atoms. The van der Waals surface area contributed by atoms with Crippen LogP contribution < -0.4 is 10.6 Å². The number of rotatable bonds is 6. The molecule has 0 saturated carbocycles. The Morgan fingerprint density at radius 2 is 1.91 bits per heavy atom. The third-order valence-electron chi connectivity index (χ3n) is 3.61. The van der Waals surface area contributed by atoms with E-state index in [-0.39, 0.29) is 23.3 Å². The number of carbonyl (C=O) groups excluding carboxylic acids is 2. The lowest BCUT2D eigenvalue weighted by molar-refractivity contribution is -0.120. The molecule has 0 aliphatic carbocycles. The van der Waals surface area contributed by atoms with E-state index in [4.69, 9.17) is 4.42 Å². The summed E-state index contributed by atoms with van der Waals surface area (Å²) in [4.78, 5) is 23.9. The van der Waals surface area contributed by atoms with Gasteiger partial charge < -0.3 is 20.2 Å². The summed E-state index contributed by atoms with van der Waals surface area (Å²) in [6.45, 7) is 3.89. The summed E-state index contributed by atoms with van der Waals surface area (Å²) in [5.41, 5.74) is 0.724. The number of aromatic hydroxyl groups is 1. The summed E-state index contributed by atoms with van der Waals surface area (Å²) < 4.78 is 4.99. The molecule has 2 aromatic rings. The number of nitrogens with one attached hydrogen (secondary N) is 2. The third kappa shape index (κ3) is 4.12. The number of anilines is 2. The first-order valence-electron chi connectivity index (χ1n) is 7.53. The van der Waals surface area contributed by atoms with Crippen molar-refractivity contribution in [2.24, 2.45) is 5.92 Å². The summed E-state index contributed by atoms with van der Waals surface area (Å²) in [5.74, 6) is -0.564. The van der Waals surface area contributed by atoms with Crippen LogP contribution in [0.15, 0.2) is 41.0 Å². The lowest BCUT2D eigenvalue weighted by Crippen LogP contribution is -2.21. The van der Waals surface area contributed by atoms with E-state index in [0.29, 0.717) is 11.4 Å². The summed E-state index contributed by atoms with van der Waals surface area (Å²) in [7, 11) is 0. The molecule has 0 aliphatic rings. The molecule has 6 heteroatoms. The van der Waals surface area contributed by atoms with Gasteiger partial charge in [-0.05, 0) is 37.1 Å². The molecule has 0 fully saturated rings. The summed E-state index contributed by atoms with van der Waals surface area (Å²) in [6, 6.07) is 7.68. The molecular formula is C17H20N2O4. The SMILES string of the molecule is CCC(CC)C(=O)Nc1ccc(NC(=O)c2ccco2)cc1O. The molecule has 0 saturated heterocycles. The minimum atomic E-state index is -0.414. The number of amides is 2. The van der Waals surface area contributed by atoms with E-state index < -0.39 is 5.91 Å². The number of phenolic OH excluding ortho intramolecular Hbond substituents is 1. The van der Waals surface area contributed by atoms with Crippen LogP contribution in [0, 0.1) is 5.92 Å². The van der Waals surface area contributed by atoms with Crippen molar-refractivity contribution in [2.75, 3.05) is 10.6 Å². The summed E-state index contributed by atoms with van der Waals surface area (Å²) in [5, 5.41) is 15.3. The van der Waals surface area contributed by atoms with E-state index in [1.165, 1.54) is 12.3 Å². The molecule has 0 spiro atoms. The van der Waals surface area contributed by atoms with Crippen molar-refractivity contribution in [1.82, 2.24) is 0 Å². The molecule has 1 aromatic heterocycles. The predicted octanol–water partition coefficient (Wildman–Crippen LogP) is 3.61. The molecule has 3 N–H and O–H groups in total. The second-order valence-corrected chi connectivity index (χ2v) is 5.17. The van der Waals surface area contributed by atoms with Crippen molar-refractivity contribution in [3.8, 4) is 5.75 Å². The van der Waals surface area contributed by atoms with Crippen LogP contribution in [0.4, 0.5) is 11.4 Å². The van der Waals surface area contributed by atoms with Gasteiger partial charge in [-0.15, -0.1) is 0 Å². The van der Waals surface area contributed by atoms with Gasteiger partial charge in [0.2, 0.25) is 5.91 Å². The van der Waals surface area contributed by atoms with Crippen molar-refractivity contribution in [2.45, 2.75) is 26.7 Å². The lowest BCUT2D eigenvalue weighted by atomic mass is 10.0. The summed E-state index contributed by atoms with van der Waals surface area (Å²) in [6.07, 6.45) is 2.88. The molecule has 0 unspecified atom stereocenters. The number of furan rings is 1. The Morgan fingerprint density at radius 1 is 1.17 bits per heavy atom. The zero-order valence-corrected chi connectivity index (χ0v) is 13.1. The van der Waals surface area contributed by atoms with Gasteiger partial charge in [0.15, 0.2) is 5.76 Å². The van der Waals surface area contributed by atoms with Crippen LogP contribution in [0.3, 0.4) is 0 Å². The van der Waals surface area contributed by atoms with E-state index >= 15 is 0 Å². The maximum Gasteiger partial charge on any atom is 0.291 e. The highest BCUT2D eigenvalue weighted by Gasteiger charge is 2.16. The molecule has 0 atom stereocenters. The van der Waals surface area contributed by atoms with Crippen LogP contribution in [0.2, 0.25) is 0 Å². The van der Waals surface area contributed by atoms with Crippen LogP contribution in [0.25, 0.3) is 0 Å². The molecule has 2 rings (SSSR count). The first-order valence-corrected chi connectivity index (χ1v) is 7.53. The molecule has 2 amide bonds. The van der Waals surface area contributed by atoms with E-state index in [9.17, 15) is 14.7 Å². The molecule has 122 valence electrons. The predicted molar refractivity (Wildman–Crippen MR) is 87.5 cm³/mol. The maximum atomic E-state index is 12.0. The lowest BCUT2D eigenvalue weighted by Gasteiger charge is -2.14. The Kier molecular flexibility index (Phi) is 5.41. The average molecular weight is 316 g/mol. The molecule has 0 radical (unpaired) electrons. The Balaban J connectivity index is 2.06. The Hall–Kier alpha value is -2.76. The van der Waals surface area contributed by atoms with E-state index in [1.807, 2.05) is 13.8 Å². The van der Waals surface area contributed by atoms with Gasteiger partial charge in [0.1, 0.15) is 5.75 Å². The maximum absolute atomic E-state index is 12.0. The molecule has 0 aliphatic heterocycles. The van der Waals surface area contributed by atoms with Gasteiger partial charge in [0.25, 0.3) is 5.91 Å². The largest absolute Gasteiger partial charge is 0.506 e. The molecule has 1 heterocycles.